The molecule has 0 aliphatic carbocycles. The summed E-state index contributed by atoms with van der Waals surface area (Å²) in [6.07, 6.45) is -4.45. The standard InChI is InChI=1S/C32H32F3N3O4S/c1-21-5-18-29(43(40,41)38-31(2,3)4)28(19-21)23-8-6-22(7-9-23)20-42-27-16-14-26(15-17-27)37-30(39)36-25-12-10-24(11-13-25)32(33,34)35/h5-19,38H,20H2,1-4H3,(H2,36,37,39). The maximum atomic E-state index is 13.1. The average Bonchev–Trinajstić information content (AvgIpc) is 2.91. The summed E-state index contributed by atoms with van der Waals surface area (Å²) in [5.41, 5.74) is 2.42. The summed E-state index contributed by atoms with van der Waals surface area (Å²) in [6, 6.07) is 22.8. The first-order valence-electron chi connectivity index (χ1n) is 13.3. The lowest BCUT2D eigenvalue weighted by Crippen LogP contribution is -2.40. The van der Waals surface area contributed by atoms with Crippen LogP contribution in [-0.2, 0) is 22.8 Å². The molecule has 0 atom stereocenters. The second kappa shape index (κ2) is 12.5. The van der Waals surface area contributed by atoms with Gasteiger partial charge in [0, 0.05) is 22.5 Å². The van der Waals surface area contributed by atoms with Crippen molar-refractivity contribution in [1.82, 2.24) is 4.72 Å². The smallest absolute Gasteiger partial charge is 0.416 e. The van der Waals surface area contributed by atoms with Crippen molar-refractivity contribution >= 4 is 27.4 Å². The van der Waals surface area contributed by atoms with Gasteiger partial charge in [-0.05, 0) is 93.4 Å². The lowest BCUT2D eigenvalue weighted by atomic mass is 10.0. The molecular weight excluding hydrogens is 579 g/mol. The number of hydrogen-bond acceptors (Lipinski definition) is 4. The van der Waals surface area contributed by atoms with Crippen molar-refractivity contribution in [2.24, 2.45) is 0 Å². The van der Waals surface area contributed by atoms with Gasteiger partial charge in [0.2, 0.25) is 10.0 Å². The van der Waals surface area contributed by atoms with Gasteiger partial charge in [-0.2, -0.15) is 13.2 Å². The van der Waals surface area contributed by atoms with Gasteiger partial charge in [-0.1, -0.05) is 42.0 Å². The third kappa shape index (κ3) is 8.82. The molecule has 0 heterocycles. The minimum atomic E-state index is -4.45. The molecule has 4 aromatic carbocycles. The fourth-order valence-corrected chi connectivity index (χ4v) is 5.81. The highest BCUT2D eigenvalue weighted by atomic mass is 32.2. The first-order chi connectivity index (χ1) is 20.1. The highest BCUT2D eigenvalue weighted by molar-refractivity contribution is 7.89. The molecule has 0 bridgehead atoms. The Labute approximate surface area is 249 Å². The molecule has 226 valence electrons. The molecule has 0 saturated heterocycles. The van der Waals surface area contributed by atoms with Crippen LogP contribution in [0.15, 0.2) is 95.9 Å². The van der Waals surface area contributed by atoms with Gasteiger partial charge in [0.25, 0.3) is 0 Å². The van der Waals surface area contributed by atoms with E-state index in [9.17, 15) is 26.4 Å². The van der Waals surface area contributed by atoms with Gasteiger partial charge in [-0.15, -0.1) is 0 Å². The lowest BCUT2D eigenvalue weighted by molar-refractivity contribution is -0.137. The largest absolute Gasteiger partial charge is 0.489 e. The number of ether oxygens (including phenoxy) is 1. The normalized spacial score (nSPS) is 12.1. The molecule has 4 rings (SSSR count). The first-order valence-corrected chi connectivity index (χ1v) is 14.8. The van der Waals surface area contributed by atoms with E-state index in [1.54, 1.807) is 57.2 Å². The number of rotatable bonds is 8. The van der Waals surface area contributed by atoms with Crippen LogP contribution in [0.3, 0.4) is 0 Å². The summed E-state index contributed by atoms with van der Waals surface area (Å²) in [6.45, 7) is 7.54. The van der Waals surface area contributed by atoms with Gasteiger partial charge in [-0.3, -0.25) is 0 Å². The molecule has 0 aliphatic rings. The SMILES string of the molecule is Cc1ccc(S(=O)(=O)NC(C)(C)C)c(-c2ccc(COc3ccc(NC(=O)Nc4ccc(C(F)(F)F)cc4)cc3)cc2)c1. The van der Waals surface area contributed by atoms with E-state index < -0.39 is 33.3 Å². The fraction of sp³-hybridized carbons (Fsp3) is 0.219. The van der Waals surface area contributed by atoms with Crippen LogP contribution in [0.2, 0.25) is 0 Å². The fourth-order valence-electron chi connectivity index (χ4n) is 4.18. The lowest BCUT2D eigenvalue weighted by Gasteiger charge is -2.22. The Morgan fingerprint density at radius 1 is 0.791 bits per heavy atom. The second-order valence-electron chi connectivity index (χ2n) is 11.0. The Hall–Kier alpha value is -4.35. The zero-order valence-electron chi connectivity index (χ0n) is 24.0. The third-order valence-electron chi connectivity index (χ3n) is 6.12. The van der Waals surface area contributed by atoms with Crippen molar-refractivity contribution in [2.75, 3.05) is 10.6 Å². The molecule has 0 radical (unpaired) electrons. The van der Waals surface area contributed by atoms with E-state index >= 15 is 0 Å². The quantitative estimate of drug-likeness (QED) is 0.188. The van der Waals surface area contributed by atoms with Crippen molar-refractivity contribution in [3.05, 3.63) is 108 Å². The van der Waals surface area contributed by atoms with Crippen molar-refractivity contribution < 1.29 is 31.1 Å². The first kappa shape index (κ1) is 31.6. The number of halogens is 3. The van der Waals surface area contributed by atoms with Gasteiger partial charge >= 0.3 is 12.2 Å². The maximum Gasteiger partial charge on any atom is 0.416 e. The Morgan fingerprint density at radius 2 is 1.35 bits per heavy atom. The Morgan fingerprint density at radius 3 is 1.88 bits per heavy atom. The number of carbonyl (C=O) groups excluding carboxylic acids is 1. The Balaban J connectivity index is 1.35. The summed E-state index contributed by atoms with van der Waals surface area (Å²) in [7, 11) is -3.75. The number of carbonyl (C=O) groups is 1. The number of sulfonamides is 1. The Kier molecular flexibility index (Phi) is 9.17. The number of anilines is 2. The number of benzene rings is 4. The van der Waals surface area contributed by atoms with Gasteiger partial charge < -0.3 is 15.4 Å². The van der Waals surface area contributed by atoms with Crippen molar-refractivity contribution in [3.63, 3.8) is 0 Å². The van der Waals surface area contributed by atoms with E-state index in [4.69, 9.17) is 4.74 Å². The molecular formula is C32H32F3N3O4S. The van der Waals surface area contributed by atoms with Crippen LogP contribution < -0.4 is 20.1 Å². The molecule has 0 spiro atoms. The Bertz CT molecular complexity index is 1680. The summed E-state index contributed by atoms with van der Waals surface area (Å²) in [4.78, 5) is 12.4. The van der Waals surface area contributed by atoms with Crippen LogP contribution in [0.1, 0.15) is 37.5 Å². The molecule has 0 aliphatic heterocycles. The van der Waals surface area contributed by atoms with Crippen LogP contribution in [0.5, 0.6) is 5.75 Å². The number of aryl methyl sites for hydroxylation is 1. The molecule has 2 amide bonds. The zero-order valence-corrected chi connectivity index (χ0v) is 24.9. The topological polar surface area (TPSA) is 96.5 Å². The number of hydrogen-bond donors (Lipinski definition) is 3. The van der Waals surface area contributed by atoms with Gasteiger partial charge in [0.1, 0.15) is 12.4 Å². The van der Waals surface area contributed by atoms with Crippen LogP contribution in [0.25, 0.3) is 11.1 Å². The summed E-state index contributed by atoms with van der Waals surface area (Å²) in [5, 5.41) is 5.10. The highest BCUT2D eigenvalue weighted by Crippen LogP contribution is 2.31. The maximum absolute atomic E-state index is 13.1. The van der Waals surface area contributed by atoms with Crippen LogP contribution in [-0.4, -0.2) is 20.0 Å². The number of amides is 2. The average molecular weight is 612 g/mol. The molecule has 11 heteroatoms. The number of alkyl halides is 3. The molecule has 0 fully saturated rings. The third-order valence-corrected chi connectivity index (χ3v) is 7.93. The molecule has 0 unspecified atom stereocenters. The molecule has 0 saturated carbocycles. The zero-order chi connectivity index (χ0) is 31.4. The molecule has 3 N–H and O–H groups in total. The van der Waals surface area contributed by atoms with E-state index in [0.717, 1.165) is 28.8 Å². The van der Waals surface area contributed by atoms with Gasteiger partial charge in [-0.25, -0.2) is 17.9 Å². The van der Waals surface area contributed by atoms with Crippen LogP contribution in [0, 0.1) is 6.92 Å². The van der Waals surface area contributed by atoms with Crippen molar-refractivity contribution in [3.8, 4) is 16.9 Å². The summed E-state index contributed by atoms with van der Waals surface area (Å²) >= 11 is 0. The van der Waals surface area contributed by atoms with E-state index in [1.807, 2.05) is 37.3 Å². The van der Waals surface area contributed by atoms with Gasteiger partial charge in [0.15, 0.2) is 0 Å². The van der Waals surface area contributed by atoms with E-state index in [-0.39, 0.29) is 17.2 Å². The molecule has 43 heavy (non-hydrogen) atoms. The minimum absolute atomic E-state index is 0.207. The molecule has 7 nitrogen and oxygen atoms in total. The van der Waals surface area contributed by atoms with E-state index in [2.05, 4.69) is 15.4 Å². The van der Waals surface area contributed by atoms with Crippen molar-refractivity contribution in [1.29, 1.82) is 0 Å². The number of urea groups is 1. The predicted molar refractivity (Wildman–Crippen MR) is 162 cm³/mol. The van der Waals surface area contributed by atoms with Gasteiger partial charge in [0.05, 0.1) is 10.5 Å². The molecule has 0 aromatic heterocycles. The number of nitrogens with one attached hydrogen (secondary N) is 3. The predicted octanol–water partition coefficient (Wildman–Crippen LogP) is 7.98. The van der Waals surface area contributed by atoms with Crippen molar-refractivity contribution in [2.45, 2.75) is 50.9 Å². The molecule has 4 aromatic rings. The van der Waals surface area contributed by atoms with E-state index in [1.165, 1.54) is 12.1 Å². The van der Waals surface area contributed by atoms with E-state index in [0.29, 0.717) is 17.0 Å². The summed E-state index contributed by atoms with van der Waals surface area (Å²) < 4.78 is 72.9. The summed E-state index contributed by atoms with van der Waals surface area (Å²) in [5.74, 6) is 0.554. The van der Waals surface area contributed by atoms with Crippen LogP contribution in [0.4, 0.5) is 29.3 Å². The highest BCUT2D eigenvalue weighted by Gasteiger charge is 2.30. The second-order valence-corrected chi connectivity index (χ2v) is 12.7. The van der Waals surface area contributed by atoms with Crippen LogP contribution >= 0.6 is 0 Å². The minimum Gasteiger partial charge on any atom is -0.489 e. The monoisotopic (exact) mass is 611 g/mol.